The Morgan fingerprint density at radius 2 is 1.62 bits per heavy atom. The lowest BCUT2D eigenvalue weighted by molar-refractivity contribution is -0.125. The molecule has 0 bridgehead atoms. The molecular formula is C22H21NO2S. The number of Topliss-reactive ketones (excluding diaryl/α,β-unsaturated/α-hetero) is 1. The number of benzene rings is 3. The number of carbonyl (C=O) groups is 2. The molecule has 0 fully saturated rings. The summed E-state index contributed by atoms with van der Waals surface area (Å²) in [6.45, 7) is 1.52. The van der Waals surface area contributed by atoms with E-state index < -0.39 is 6.04 Å². The lowest BCUT2D eigenvalue weighted by atomic mass is 10.0. The molecule has 1 amide bonds. The first-order valence-electron chi connectivity index (χ1n) is 8.57. The highest BCUT2D eigenvalue weighted by atomic mass is 32.2. The molecule has 132 valence electrons. The Morgan fingerprint density at radius 1 is 0.923 bits per heavy atom. The molecule has 1 atom stereocenters. The van der Waals surface area contributed by atoms with Crippen LogP contribution in [0.3, 0.4) is 0 Å². The molecule has 1 N–H and O–H groups in total. The van der Waals surface area contributed by atoms with E-state index in [-0.39, 0.29) is 17.4 Å². The fourth-order valence-corrected chi connectivity index (χ4v) is 3.54. The van der Waals surface area contributed by atoms with E-state index in [0.717, 1.165) is 15.8 Å². The molecule has 3 aromatic carbocycles. The Kier molecular flexibility index (Phi) is 6.08. The van der Waals surface area contributed by atoms with Crippen LogP contribution < -0.4 is 5.32 Å². The number of rotatable bonds is 7. The Hall–Kier alpha value is -2.59. The smallest absolute Gasteiger partial charge is 0.230 e. The second-order valence-corrected chi connectivity index (χ2v) is 7.27. The van der Waals surface area contributed by atoms with Crippen molar-refractivity contribution in [1.82, 2.24) is 5.32 Å². The molecule has 0 spiro atoms. The van der Waals surface area contributed by atoms with Crippen LogP contribution in [0.2, 0.25) is 0 Å². The summed E-state index contributed by atoms with van der Waals surface area (Å²) in [5.74, 6) is 0.133. The molecule has 3 nitrogen and oxygen atoms in total. The highest BCUT2D eigenvalue weighted by Crippen LogP contribution is 2.23. The second kappa shape index (κ2) is 8.68. The third kappa shape index (κ3) is 4.96. The molecule has 3 rings (SSSR count). The molecule has 0 saturated heterocycles. The summed E-state index contributed by atoms with van der Waals surface area (Å²) in [6, 6.07) is 23.6. The number of fused-ring (bicyclic) bond motifs is 1. The van der Waals surface area contributed by atoms with Gasteiger partial charge in [0.1, 0.15) is 0 Å². The second-order valence-electron chi connectivity index (χ2n) is 6.22. The standard InChI is InChI=1S/C22H21NO2S/c1-16(24)21(13-17-7-3-2-4-8-17)23-22(25)15-26-20-12-11-18-9-5-6-10-19(18)14-20/h2-12,14,21H,13,15H2,1H3,(H,23,25). The van der Waals surface area contributed by atoms with Crippen LogP contribution in [0.5, 0.6) is 0 Å². The first-order valence-corrected chi connectivity index (χ1v) is 9.56. The van der Waals surface area contributed by atoms with Crippen molar-refractivity contribution in [3.8, 4) is 0 Å². The van der Waals surface area contributed by atoms with Crippen molar-refractivity contribution in [3.63, 3.8) is 0 Å². The molecular weight excluding hydrogens is 342 g/mol. The predicted octanol–water partition coefficient (Wildman–Crippen LogP) is 4.25. The zero-order valence-electron chi connectivity index (χ0n) is 14.6. The average Bonchev–Trinajstić information content (AvgIpc) is 2.66. The molecule has 0 aromatic heterocycles. The summed E-state index contributed by atoms with van der Waals surface area (Å²) in [5, 5.41) is 5.20. The van der Waals surface area contributed by atoms with Gasteiger partial charge in [-0.3, -0.25) is 9.59 Å². The van der Waals surface area contributed by atoms with Gasteiger partial charge in [-0.15, -0.1) is 11.8 Å². The lowest BCUT2D eigenvalue weighted by Crippen LogP contribution is -2.42. The van der Waals surface area contributed by atoms with E-state index in [1.807, 2.05) is 48.5 Å². The van der Waals surface area contributed by atoms with Gasteiger partial charge in [0.25, 0.3) is 0 Å². The van der Waals surface area contributed by atoms with Gasteiger partial charge in [0.2, 0.25) is 5.91 Å². The van der Waals surface area contributed by atoms with Crippen LogP contribution in [-0.2, 0) is 16.0 Å². The number of carbonyl (C=O) groups excluding carboxylic acids is 2. The number of amides is 1. The largest absolute Gasteiger partial charge is 0.345 e. The number of ketones is 1. The van der Waals surface area contributed by atoms with E-state index in [9.17, 15) is 9.59 Å². The molecule has 4 heteroatoms. The summed E-state index contributed by atoms with van der Waals surface area (Å²) >= 11 is 1.48. The molecule has 26 heavy (non-hydrogen) atoms. The predicted molar refractivity (Wildman–Crippen MR) is 107 cm³/mol. The maximum absolute atomic E-state index is 12.3. The van der Waals surface area contributed by atoms with E-state index in [0.29, 0.717) is 6.42 Å². The van der Waals surface area contributed by atoms with Crippen LogP contribution in [0.15, 0.2) is 77.7 Å². The van der Waals surface area contributed by atoms with Gasteiger partial charge >= 0.3 is 0 Å². The normalized spacial score (nSPS) is 11.9. The molecule has 0 aliphatic carbocycles. The van der Waals surface area contributed by atoms with Gasteiger partial charge in [-0.2, -0.15) is 0 Å². The Labute approximate surface area is 157 Å². The first-order chi connectivity index (χ1) is 12.6. The van der Waals surface area contributed by atoms with E-state index in [1.54, 1.807) is 0 Å². The summed E-state index contributed by atoms with van der Waals surface area (Å²) < 4.78 is 0. The fourth-order valence-electron chi connectivity index (χ4n) is 2.79. The van der Waals surface area contributed by atoms with Crippen molar-refractivity contribution < 1.29 is 9.59 Å². The van der Waals surface area contributed by atoms with Gasteiger partial charge in [0.15, 0.2) is 5.78 Å². The van der Waals surface area contributed by atoms with Crippen LogP contribution in [0.1, 0.15) is 12.5 Å². The number of hydrogen-bond donors (Lipinski definition) is 1. The monoisotopic (exact) mass is 363 g/mol. The summed E-state index contributed by atoms with van der Waals surface area (Å²) in [7, 11) is 0. The van der Waals surface area contributed by atoms with E-state index in [1.165, 1.54) is 24.1 Å². The third-order valence-corrected chi connectivity index (χ3v) is 5.19. The van der Waals surface area contributed by atoms with E-state index >= 15 is 0 Å². The molecule has 0 saturated carbocycles. The molecule has 1 unspecified atom stereocenters. The minimum Gasteiger partial charge on any atom is -0.345 e. The highest BCUT2D eigenvalue weighted by molar-refractivity contribution is 8.00. The van der Waals surface area contributed by atoms with Crippen LogP contribution in [0.4, 0.5) is 0 Å². The number of thioether (sulfide) groups is 1. The quantitative estimate of drug-likeness (QED) is 0.639. The summed E-state index contributed by atoms with van der Waals surface area (Å²) in [5.41, 5.74) is 1.04. The van der Waals surface area contributed by atoms with Crippen LogP contribution in [0.25, 0.3) is 10.8 Å². The first kappa shape index (κ1) is 18.2. The topological polar surface area (TPSA) is 46.2 Å². The molecule has 0 aliphatic rings. The Balaban J connectivity index is 1.58. The summed E-state index contributed by atoms with van der Waals surface area (Å²) in [4.78, 5) is 25.2. The van der Waals surface area contributed by atoms with Crippen LogP contribution in [0, 0.1) is 0 Å². The molecule has 0 heterocycles. The van der Waals surface area contributed by atoms with Gasteiger partial charge in [0, 0.05) is 4.90 Å². The van der Waals surface area contributed by atoms with Crippen molar-refractivity contribution in [1.29, 1.82) is 0 Å². The molecule has 3 aromatic rings. The minimum absolute atomic E-state index is 0.0297. The van der Waals surface area contributed by atoms with E-state index in [2.05, 4.69) is 29.6 Å². The van der Waals surface area contributed by atoms with Crippen molar-refractivity contribution >= 4 is 34.2 Å². The van der Waals surface area contributed by atoms with Crippen molar-refractivity contribution in [2.75, 3.05) is 5.75 Å². The zero-order chi connectivity index (χ0) is 18.4. The average molecular weight is 363 g/mol. The van der Waals surface area contributed by atoms with Gasteiger partial charge in [0.05, 0.1) is 11.8 Å². The van der Waals surface area contributed by atoms with Gasteiger partial charge in [-0.25, -0.2) is 0 Å². The Morgan fingerprint density at radius 3 is 2.35 bits per heavy atom. The van der Waals surface area contributed by atoms with Gasteiger partial charge in [-0.1, -0.05) is 60.7 Å². The number of nitrogens with one attached hydrogen (secondary N) is 1. The van der Waals surface area contributed by atoms with Crippen LogP contribution in [-0.4, -0.2) is 23.5 Å². The van der Waals surface area contributed by atoms with E-state index in [4.69, 9.17) is 0 Å². The molecule has 0 aliphatic heterocycles. The van der Waals surface area contributed by atoms with Crippen LogP contribution >= 0.6 is 11.8 Å². The third-order valence-electron chi connectivity index (χ3n) is 4.20. The SMILES string of the molecule is CC(=O)C(Cc1ccccc1)NC(=O)CSc1ccc2ccccc2c1. The highest BCUT2D eigenvalue weighted by Gasteiger charge is 2.17. The minimum atomic E-state index is -0.484. The Bertz CT molecular complexity index is 908. The zero-order valence-corrected chi connectivity index (χ0v) is 15.5. The maximum Gasteiger partial charge on any atom is 0.230 e. The fraction of sp³-hybridized carbons (Fsp3) is 0.182. The molecule has 0 radical (unpaired) electrons. The van der Waals surface area contributed by atoms with Gasteiger partial charge < -0.3 is 5.32 Å². The van der Waals surface area contributed by atoms with Crippen molar-refractivity contribution in [2.45, 2.75) is 24.3 Å². The lowest BCUT2D eigenvalue weighted by Gasteiger charge is -2.16. The van der Waals surface area contributed by atoms with Crippen molar-refractivity contribution in [3.05, 3.63) is 78.4 Å². The maximum atomic E-state index is 12.3. The van der Waals surface area contributed by atoms with Crippen molar-refractivity contribution in [2.24, 2.45) is 0 Å². The number of hydrogen-bond acceptors (Lipinski definition) is 3. The summed E-state index contributed by atoms with van der Waals surface area (Å²) in [6.07, 6.45) is 0.516. The van der Waals surface area contributed by atoms with Gasteiger partial charge in [-0.05, 0) is 41.8 Å².